The van der Waals surface area contributed by atoms with Crippen LogP contribution in [-0.4, -0.2) is 41.9 Å². The predicted molar refractivity (Wildman–Crippen MR) is 230 cm³/mol. The zero-order chi connectivity index (χ0) is 38.9. The number of amides is 1. The number of hydrogen-bond donors (Lipinski definition) is 3. The van der Waals surface area contributed by atoms with Gasteiger partial charge in [0.1, 0.15) is 0 Å². The summed E-state index contributed by atoms with van der Waals surface area (Å²) in [6.07, 6.45) is 56.1. The molecule has 0 spiro atoms. The molecule has 0 heterocycles. The van der Waals surface area contributed by atoms with Crippen molar-refractivity contribution in [3.8, 4) is 0 Å². The van der Waals surface area contributed by atoms with E-state index in [0.29, 0.717) is 6.42 Å². The first-order valence-electron chi connectivity index (χ1n) is 21.6. The van der Waals surface area contributed by atoms with Crippen molar-refractivity contribution in [1.82, 2.24) is 5.32 Å². The molecule has 3 N–H and O–H groups in total. The Kier molecular flexibility index (Phi) is 37.8. The molecule has 306 valence electrons. The maximum Gasteiger partial charge on any atom is 0.267 e. The molecule has 0 radical (unpaired) electrons. The summed E-state index contributed by atoms with van der Waals surface area (Å²) in [5.41, 5.74) is 0. The molecule has 0 aliphatic heterocycles. The molecule has 0 rings (SSSR count). The molecule has 0 aliphatic rings. The number of carbonyl (C=O) groups excluding carboxylic acids is 1. The number of aliphatic hydroxyl groups excluding tert-OH is 1. The van der Waals surface area contributed by atoms with Gasteiger partial charge in [0, 0.05) is 6.42 Å². The summed E-state index contributed by atoms with van der Waals surface area (Å²) in [6.45, 7) is 4.41. The van der Waals surface area contributed by atoms with Gasteiger partial charge in [-0.25, -0.2) is 0 Å². The summed E-state index contributed by atoms with van der Waals surface area (Å²) < 4.78 is 32.5. The Balaban J connectivity index is 3.98. The van der Waals surface area contributed by atoms with E-state index >= 15 is 0 Å². The van der Waals surface area contributed by atoms with Crippen LogP contribution in [0.2, 0.25) is 0 Å². The number of hydrogen-bond acceptors (Lipinski definition) is 4. The Morgan fingerprint density at radius 1 is 0.528 bits per heavy atom. The number of nitrogens with one attached hydrogen (secondary N) is 1. The number of aliphatic hydroxyl groups is 1. The maximum atomic E-state index is 12.5. The third kappa shape index (κ3) is 40.8. The standard InChI is InChI=1S/C46H81NO5S/c1-3-5-7-9-11-13-15-17-19-21-22-23-24-26-27-29-31-33-35-37-39-41-45(48)44(43-53(50,51)52)47-46(49)42-40-38-36-34-32-30-28-25-20-18-16-14-12-10-8-6-4-2/h6,8,12,14,18,20,28,30,34,36,39,41,44-45,48H,3-5,7,9-11,13,15-17,19,21-27,29,31-33,35,37-38,40,42-43H2,1-2H3,(H,47,49)(H,50,51,52)/b8-6-,14-12-,20-18-,30-28-,36-34-,41-39+. The van der Waals surface area contributed by atoms with Crippen molar-refractivity contribution in [3.05, 3.63) is 72.9 Å². The van der Waals surface area contributed by atoms with Crippen LogP contribution in [0.1, 0.15) is 194 Å². The van der Waals surface area contributed by atoms with Gasteiger partial charge in [0.15, 0.2) is 0 Å². The van der Waals surface area contributed by atoms with E-state index in [1.54, 1.807) is 6.08 Å². The minimum Gasteiger partial charge on any atom is -0.387 e. The van der Waals surface area contributed by atoms with Gasteiger partial charge in [-0.2, -0.15) is 8.42 Å². The molecule has 0 saturated heterocycles. The Hall–Kier alpha value is -2.22. The van der Waals surface area contributed by atoms with Crippen LogP contribution in [0.15, 0.2) is 72.9 Å². The molecule has 0 aliphatic carbocycles. The average molecular weight is 760 g/mol. The molecule has 0 bridgehead atoms. The van der Waals surface area contributed by atoms with E-state index in [4.69, 9.17) is 0 Å². The smallest absolute Gasteiger partial charge is 0.267 e. The van der Waals surface area contributed by atoms with Crippen LogP contribution in [0.3, 0.4) is 0 Å². The Morgan fingerprint density at radius 3 is 1.32 bits per heavy atom. The van der Waals surface area contributed by atoms with Gasteiger partial charge in [-0.15, -0.1) is 0 Å². The molecule has 0 aromatic carbocycles. The minimum atomic E-state index is -4.37. The van der Waals surface area contributed by atoms with E-state index in [0.717, 1.165) is 57.8 Å². The van der Waals surface area contributed by atoms with Gasteiger partial charge in [0.25, 0.3) is 10.1 Å². The van der Waals surface area contributed by atoms with E-state index in [-0.39, 0.29) is 12.3 Å². The summed E-state index contributed by atoms with van der Waals surface area (Å²) >= 11 is 0. The van der Waals surface area contributed by atoms with Crippen LogP contribution in [0.25, 0.3) is 0 Å². The minimum absolute atomic E-state index is 0.214. The number of allylic oxidation sites excluding steroid dienone is 11. The Labute approximate surface area is 327 Å². The molecule has 53 heavy (non-hydrogen) atoms. The molecular formula is C46H81NO5S. The molecule has 7 heteroatoms. The van der Waals surface area contributed by atoms with Crippen molar-refractivity contribution in [3.63, 3.8) is 0 Å². The fourth-order valence-electron chi connectivity index (χ4n) is 6.19. The molecule has 0 aromatic heterocycles. The van der Waals surface area contributed by atoms with Crippen molar-refractivity contribution in [2.24, 2.45) is 0 Å². The monoisotopic (exact) mass is 760 g/mol. The van der Waals surface area contributed by atoms with Crippen molar-refractivity contribution in [2.45, 2.75) is 206 Å². The van der Waals surface area contributed by atoms with E-state index < -0.39 is 28.0 Å². The lowest BCUT2D eigenvalue weighted by atomic mass is 10.0. The van der Waals surface area contributed by atoms with Crippen LogP contribution in [0.5, 0.6) is 0 Å². The van der Waals surface area contributed by atoms with Gasteiger partial charge in [-0.3, -0.25) is 9.35 Å². The van der Waals surface area contributed by atoms with Crippen LogP contribution in [0.4, 0.5) is 0 Å². The molecule has 0 aromatic rings. The van der Waals surface area contributed by atoms with Gasteiger partial charge < -0.3 is 10.4 Å². The number of rotatable bonds is 38. The number of carbonyl (C=O) groups is 1. The van der Waals surface area contributed by atoms with Crippen LogP contribution >= 0.6 is 0 Å². The Bertz CT molecular complexity index is 1100. The van der Waals surface area contributed by atoms with Gasteiger partial charge in [0.2, 0.25) is 5.91 Å². The molecule has 6 nitrogen and oxygen atoms in total. The highest BCUT2D eigenvalue weighted by atomic mass is 32.2. The molecular weight excluding hydrogens is 679 g/mol. The summed E-state index contributed by atoms with van der Waals surface area (Å²) in [6, 6.07) is -1.09. The summed E-state index contributed by atoms with van der Waals surface area (Å²) in [7, 11) is -4.37. The van der Waals surface area contributed by atoms with Crippen molar-refractivity contribution >= 4 is 16.0 Å². The second-order valence-corrected chi connectivity index (χ2v) is 16.1. The molecule has 0 saturated carbocycles. The SMILES string of the molecule is CC/C=C\C/C=C\C/C=C\C/C=C\C/C=C\CCCC(=O)NC(CS(=O)(=O)O)C(O)/C=C/CCCCCCCCCCCCCCCCCCCCC. The summed E-state index contributed by atoms with van der Waals surface area (Å²) in [5.74, 6) is -1.06. The van der Waals surface area contributed by atoms with Gasteiger partial charge in [0.05, 0.1) is 17.9 Å². The third-order valence-corrected chi connectivity index (χ3v) is 10.2. The Morgan fingerprint density at radius 2 is 0.906 bits per heavy atom. The molecule has 1 amide bonds. The van der Waals surface area contributed by atoms with Crippen LogP contribution < -0.4 is 5.32 Å². The second-order valence-electron chi connectivity index (χ2n) is 14.6. The van der Waals surface area contributed by atoms with Gasteiger partial charge in [-0.05, 0) is 57.8 Å². The maximum absolute atomic E-state index is 12.5. The molecule has 0 fully saturated rings. The second kappa shape index (κ2) is 39.5. The highest BCUT2D eigenvalue weighted by molar-refractivity contribution is 7.85. The third-order valence-electron chi connectivity index (χ3n) is 9.39. The quantitative estimate of drug-likeness (QED) is 0.0330. The first kappa shape index (κ1) is 50.8. The van der Waals surface area contributed by atoms with Crippen molar-refractivity contribution in [2.75, 3.05) is 5.75 Å². The topological polar surface area (TPSA) is 104 Å². The predicted octanol–water partition coefficient (Wildman–Crippen LogP) is 13.0. The highest BCUT2D eigenvalue weighted by Crippen LogP contribution is 2.15. The van der Waals surface area contributed by atoms with E-state index in [1.807, 2.05) is 12.2 Å². The summed E-state index contributed by atoms with van der Waals surface area (Å²) in [4.78, 5) is 12.5. The number of unbranched alkanes of at least 4 members (excludes halogenated alkanes) is 20. The van der Waals surface area contributed by atoms with Crippen molar-refractivity contribution < 1.29 is 22.9 Å². The van der Waals surface area contributed by atoms with Crippen molar-refractivity contribution in [1.29, 1.82) is 0 Å². The average Bonchev–Trinajstić information content (AvgIpc) is 3.12. The van der Waals surface area contributed by atoms with Crippen LogP contribution in [0, 0.1) is 0 Å². The summed E-state index contributed by atoms with van der Waals surface area (Å²) in [5, 5.41) is 13.2. The largest absolute Gasteiger partial charge is 0.387 e. The van der Waals surface area contributed by atoms with E-state index in [2.05, 4.69) is 73.8 Å². The lowest BCUT2D eigenvalue weighted by molar-refractivity contribution is -0.122. The molecule has 2 unspecified atom stereocenters. The van der Waals surface area contributed by atoms with Gasteiger partial charge in [-0.1, -0.05) is 202 Å². The first-order valence-corrected chi connectivity index (χ1v) is 23.2. The lowest BCUT2D eigenvalue weighted by Crippen LogP contribution is -2.46. The zero-order valence-electron chi connectivity index (χ0n) is 34.1. The highest BCUT2D eigenvalue weighted by Gasteiger charge is 2.24. The van der Waals surface area contributed by atoms with Gasteiger partial charge >= 0.3 is 0 Å². The van der Waals surface area contributed by atoms with E-state index in [1.165, 1.54) is 109 Å². The fraction of sp³-hybridized carbons (Fsp3) is 0.717. The lowest BCUT2D eigenvalue weighted by Gasteiger charge is -2.21. The van der Waals surface area contributed by atoms with Crippen LogP contribution in [-0.2, 0) is 14.9 Å². The zero-order valence-corrected chi connectivity index (χ0v) is 34.9. The first-order chi connectivity index (χ1) is 25.8. The molecule has 2 atom stereocenters. The van der Waals surface area contributed by atoms with E-state index in [9.17, 15) is 22.9 Å². The normalized spacial score (nSPS) is 14.0. The fourth-order valence-corrected chi connectivity index (χ4v) is 6.93.